The smallest absolute Gasteiger partial charge is 0.121 e. The van der Waals surface area contributed by atoms with E-state index in [9.17, 15) is 30.6 Å². The molecule has 6 N–H and O–H groups in total. The molecule has 6 saturated carbocycles. The van der Waals surface area contributed by atoms with E-state index in [1.54, 1.807) is 36.4 Å². The van der Waals surface area contributed by atoms with Gasteiger partial charge in [-0.05, 0) is 250 Å². The summed E-state index contributed by atoms with van der Waals surface area (Å²) >= 11 is 0. The Balaban J connectivity index is 0.000000129. The summed E-state index contributed by atoms with van der Waals surface area (Å²) in [4.78, 5) is 31.0. The molecule has 0 unspecified atom stereocenters. The van der Waals surface area contributed by atoms with E-state index in [2.05, 4.69) is 120 Å². The predicted molar refractivity (Wildman–Crippen MR) is 465 cm³/mol. The predicted octanol–water partition coefficient (Wildman–Crippen LogP) is 24.0. The third-order valence-corrected chi connectivity index (χ3v) is 31.8. The summed E-state index contributed by atoms with van der Waals surface area (Å²) in [7, 11) is 0. The Bertz CT molecular complexity index is 4220. The first-order chi connectivity index (χ1) is 54.5. The lowest BCUT2D eigenvalue weighted by atomic mass is 9.49. The van der Waals surface area contributed by atoms with Crippen molar-refractivity contribution in [3.63, 3.8) is 0 Å². The van der Waals surface area contributed by atoms with Crippen LogP contribution >= 0.6 is 0 Å². The number of benzene rings is 6. The third kappa shape index (κ3) is 14.2. The average molecular weight is 1530 g/mol. The van der Waals surface area contributed by atoms with Gasteiger partial charge in [-0.25, -0.2) is 0 Å². The normalized spacial score (nSPS) is 30.2. The zero-order valence-corrected chi connectivity index (χ0v) is 69.0. The summed E-state index contributed by atoms with van der Waals surface area (Å²) in [6.07, 6.45) is 40.1. The van der Waals surface area contributed by atoms with Crippen molar-refractivity contribution in [2.75, 3.05) is 0 Å². The number of hydrogen-bond acceptors (Lipinski definition) is 12. The van der Waals surface area contributed by atoms with Gasteiger partial charge >= 0.3 is 0 Å². The molecule has 0 aliphatic heterocycles. The first-order valence-corrected chi connectivity index (χ1v) is 42.6. The average Bonchev–Trinajstić information content (AvgIpc) is 0.741. The van der Waals surface area contributed by atoms with Crippen LogP contribution in [0.2, 0.25) is 0 Å². The molecule has 12 nitrogen and oxygen atoms in total. The van der Waals surface area contributed by atoms with Crippen LogP contribution < -0.4 is 0 Å². The Morgan fingerprint density at radius 3 is 0.474 bits per heavy atom. The molecule has 18 aliphatic carbocycles. The number of phenols is 6. The molecule has 6 aromatic rings. The van der Waals surface area contributed by atoms with E-state index < -0.39 is 36.3 Å². The maximum absolute atomic E-state index is 10.9. The maximum atomic E-state index is 10.9. The molecule has 0 heterocycles. The molecule has 12 heteroatoms. The Hall–Kier alpha value is -9.42. The van der Waals surface area contributed by atoms with E-state index in [0.717, 1.165) is 107 Å². The third-order valence-electron chi connectivity index (χ3n) is 31.8. The van der Waals surface area contributed by atoms with Crippen LogP contribution in [0.5, 0.6) is 34.5 Å². The van der Waals surface area contributed by atoms with Crippen LogP contribution in [-0.2, 0) is 0 Å². The van der Waals surface area contributed by atoms with Crippen molar-refractivity contribution in [2.24, 2.45) is 133 Å². The van der Waals surface area contributed by atoms with Gasteiger partial charge in [-0.2, -0.15) is 0 Å². The van der Waals surface area contributed by atoms with Gasteiger partial charge in [-0.1, -0.05) is 229 Å². The van der Waals surface area contributed by atoms with Gasteiger partial charge in [0.15, 0.2) is 0 Å². The van der Waals surface area contributed by atoms with E-state index >= 15 is 0 Å². The highest BCUT2D eigenvalue weighted by molar-refractivity contribution is 5.85. The summed E-state index contributed by atoms with van der Waals surface area (Å²) in [5.41, 5.74) is 13.9. The van der Waals surface area contributed by atoms with Crippen LogP contribution in [0.4, 0.5) is 0 Å². The molecule has 0 spiro atoms. The molecule has 12 bridgehead atoms. The van der Waals surface area contributed by atoms with Crippen LogP contribution in [0.25, 0.3) is 0 Å². The van der Waals surface area contributed by atoms with Gasteiger partial charge in [0.05, 0.1) is 0 Å². The van der Waals surface area contributed by atoms with Gasteiger partial charge in [-0.15, -0.1) is 0 Å². The fourth-order valence-corrected chi connectivity index (χ4v) is 22.7. The van der Waals surface area contributed by atoms with E-state index in [-0.39, 0.29) is 34.5 Å². The second-order valence-electron chi connectivity index (χ2n) is 39.2. The topological polar surface area (TPSA) is 196 Å². The quantitative estimate of drug-likeness (QED) is 0.0388. The minimum absolute atomic E-state index is 0.201. The number of nitrogens with zero attached hydrogens (tertiary/aromatic N) is 6. The zero-order valence-electron chi connectivity index (χ0n) is 69.0. The highest BCUT2D eigenvalue weighted by Crippen LogP contribution is 2.65. The van der Waals surface area contributed by atoms with Gasteiger partial charge in [0.1, 0.15) is 70.7 Å². The van der Waals surface area contributed by atoms with Crippen molar-refractivity contribution < 1.29 is 30.6 Å². The van der Waals surface area contributed by atoms with Crippen LogP contribution in [0.1, 0.15) is 230 Å². The van der Waals surface area contributed by atoms with Gasteiger partial charge in [0.2, 0.25) is 0 Å². The number of aliphatic imine (C=N–C) groups is 6. The van der Waals surface area contributed by atoms with Gasteiger partial charge in [-0.3, -0.25) is 30.0 Å². The van der Waals surface area contributed by atoms with Crippen molar-refractivity contribution in [2.45, 2.75) is 196 Å². The largest absolute Gasteiger partial charge is 0.508 e. The minimum atomic E-state index is -0.478. The van der Waals surface area contributed by atoms with Crippen LogP contribution in [-0.4, -0.2) is 67.9 Å². The highest BCUT2D eigenvalue weighted by atomic mass is 16.3. The van der Waals surface area contributed by atoms with E-state index in [1.165, 1.54) is 72.0 Å². The number of allylic oxidation sites excluding steroid dienone is 12. The fraction of sp³-hybridized carbons (Fsp3) is 0.471. The SMILES string of the molecule is CC1(C)[C@H]2CC=C(C=N[C@H](c3ccccc3O)[C@H](N=CC3=CC[C@H]4C[C@@H]3C4(C)C)c3ccccc3O)[C@@H]1C2.CC1(C)[C@H]2CC=C(C=N[C@H](c3ccccc3O)[C@H](N=CC3=CC[C@H]4C[C@@H]3C4(C)C)c3ccccc3O)[C@@H]1C2.CC1(C)[C@H]2CC=C(C=N[C@H](c3ccccc3O)[C@H](N=CC3=CC[C@H]4C[C@@H]3C4(C)C)c3ccccc3O)[C@@H]1C2. The number of aromatic hydroxyl groups is 6. The van der Waals surface area contributed by atoms with E-state index in [1.807, 2.05) is 146 Å². The van der Waals surface area contributed by atoms with Crippen molar-refractivity contribution in [3.05, 3.63) is 249 Å². The summed E-state index contributed by atoms with van der Waals surface area (Å²) in [6.45, 7) is 28.4. The summed E-state index contributed by atoms with van der Waals surface area (Å²) in [5.74, 6) is 8.87. The molecular formula is C102H120N6O6. The van der Waals surface area contributed by atoms with Gasteiger partial charge < -0.3 is 30.6 Å². The Labute approximate surface area is 677 Å². The lowest BCUT2D eigenvalue weighted by Crippen LogP contribution is -2.48. The maximum Gasteiger partial charge on any atom is 0.121 e. The Kier molecular flexibility index (Phi) is 21.1. The molecule has 24 rings (SSSR count). The monoisotopic (exact) mass is 1520 g/mol. The number of para-hydroxylation sites is 6. The first-order valence-electron chi connectivity index (χ1n) is 42.6. The molecule has 0 radical (unpaired) electrons. The molecule has 594 valence electrons. The van der Waals surface area contributed by atoms with Crippen LogP contribution in [0.15, 0.2) is 245 Å². The lowest BCUT2D eigenvalue weighted by Gasteiger charge is -2.56. The Morgan fingerprint density at radius 2 is 0.360 bits per heavy atom. The second kappa shape index (κ2) is 30.6. The number of phenolic OH excluding ortho intramolecular Hbond substituents is 6. The van der Waals surface area contributed by atoms with Crippen LogP contribution in [0.3, 0.4) is 0 Å². The summed E-state index contributed by atoms with van der Waals surface area (Å²) in [5, 5.41) is 65.7. The van der Waals surface area contributed by atoms with Crippen molar-refractivity contribution >= 4 is 37.3 Å². The van der Waals surface area contributed by atoms with Crippen molar-refractivity contribution in [1.82, 2.24) is 0 Å². The molecule has 0 saturated heterocycles. The van der Waals surface area contributed by atoms with E-state index in [4.69, 9.17) is 30.0 Å². The van der Waals surface area contributed by atoms with Crippen molar-refractivity contribution in [3.8, 4) is 34.5 Å². The first kappa shape index (κ1) is 78.5. The number of rotatable bonds is 21. The molecule has 114 heavy (non-hydrogen) atoms. The van der Waals surface area contributed by atoms with Crippen LogP contribution in [0, 0.1) is 104 Å². The van der Waals surface area contributed by atoms with Gasteiger partial charge in [0, 0.05) is 70.7 Å². The standard InChI is InChI=1S/3C34H40N2O2/c3*1-33(2)23-15-13-21(27(33)17-23)19-35-31(25-9-5-7-11-29(25)37)32(26-10-6-8-12-30(26)38)36-20-22-14-16-24-18-28(22)34(24,3)4/h3*5-14,19-20,23-24,27-28,31-32,37-38H,15-18H2,1-4H3/t3*23-,24-,27-,28-,31+,32+/m000/s1. The summed E-state index contributed by atoms with van der Waals surface area (Å²) in [6, 6.07) is 41.6. The molecule has 18 aliphatic rings. The fourth-order valence-electron chi connectivity index (χ4n) is 22.7. The molecule has 0 amide bonds. The lowest BCUT2D eigenvalue weighted by molar-refractivity contribution is -0.00133. The van der Waals surface area contributed by atoms with Crippen molar-refractivity contribution in [1.29, 1.82) is 0 Å². The summed E-state index contributed by atoms with van der Waals surface area (Å²) < 4.78 is 0. The Morgan fingerprint density at radius 1 is 0.228 bits per heavy atom. The van der Waals surface area contributed by atoms with Gasteiger partial charge in [0.25, 0.3) is 0 Å². The molecule has 0 aromatic heterocycles. The van der Waals surface area contributed by atoms with E-state index in [0.29, 0.717) is 68.0 Å². The molecule has 6 aromatic carbocycles. The number of fused-ring (bicyclic) bond motifs is 6. The zero-order chi connectivity index (χ0) is 80.0. The molecule has 18 atom stereocenters. The second-order valence-corrected chi connectivity index (χ2v) is 39.2. The molecular weight excluding hydrogens is 1410 g/mol. The molecule has 6 fully saturated rings. The number of hydrogen-bond donors (Lipinski definition) is 6. The minimum Gasteiger partial charge on any atom is -0.508 e. The highest BCUT2D eigenvalue weighted by Gasteiger charge is 2.56.